The number of hydrogen-bond donors (Lipinski definition) is 1. The average Bonchev–Trinajstić information content (AvgIpc) is 3.60. The molecule has 0 spiro atoms. The van der Waals surface area contributed by atoms with Crippen molar-refractivity contribution in [3.8, 4) is 23.5 Å². The highest BCUT2D eigenvalue weighted by Crippen LogP contribution is 2.44. The summed E-state index contributed by atoms with van der Waals surface area (Å²) in [4.78, 5) is 12.3. The molecule has 61 heavy (non-hydrogen) atoms. The number of terminal acetylenes is 1. The first-order chi connectivity index (χ1) is 30.3. The maximum atomic E-state index is 12.3. The Morgan fingerprint density at radius 2 is 0.738 bits per heavy atom. The Morgan fingerprint density at radius 1 is 0.443 bits per heavy atom. The van der Waals surface area contributed by atoms with Crippen molar-refractivity contribution < 1.29 is 71.1 Å². The van der Waals surface area contributed by atoms with Gasteiger partial charge >= 0.3 is 6.09 Å². The predicted molar refractivity (Wildman–Crippen MR) is 227 cm³/mol. The van der Waals surface area contributed by atoms with E-state index in [1.54, 1.807) is 0 Å². The topological polar surface area (TPSA) is 158 Å². The van der Waals surface area contributed by atoms with Crippen LogP contribution in [-0.2, 0) is 66.3 Å². The van der Waals surface area contributed by atoms with E-state index < -0.39 is 6.09 Å². The molecule has 1 amide bonds. The molecule has 1 aliphatic carbocycles. The molecule has 1 N–H and O–H groups in total. The Bertz CT molecular complexity index is 1330. The van der Waals surface area contributed by atoms with E-state index in [0.717, 1.165) is 0 Å². The van der Waals surface area contributed by atoms with Crippen molar-refractivity contribution >= 4 is 6.09 Å². The normalized spacial score (nSPS) is 12.0. The first-order valence-electron chi connectivity index (χ1n) is 21.3. The van der Waals surface area contributed by atoms with Gasteiger partial charge in [-0.2, -0.15) is 0 Å². The highest BCUT2D eigenvalue weighted by Gasteiger charge is 2.29. The van der Waals surface area contributed by atoms with Gasteiger partial charge in [0.05, 0.1) is 159 Å². The maximum Gasteiger partial charge on any atom is 0.407 e. The van der Waals surface area contributed by atoms with Crippen molar-refractivity contribution in [2.45, 2.75) is 12.3 Å². The fraction of sp³-hybridized carbons (Fsp3) is 0.667. The molecule has 0 heterocycles. The third kappa shape index (κ3) is 26.7. The largest absolute Gasteiger partial charge is 0.449 e. The van der Waals surface area contributed by atoms with Crippen molar-refractivity contribution in [2.75, 3.05) is 185 Å². The fourth-order valence-electron chi connectivity index (χ4n) is 5.78. The van der Waals surface area contributed by atoms with E-state index >= 15 is 0 Å². The van der Waals surface area contributed by atoms with Gasteiger partial charge in [-0.05, 0) is 28.7 Å². The molecule has 344 valence electrons. The van der Waals surface area contributed by atoms with Crippen LogP contribution in [0.1, 0.15) is 23.5 Å². The number of benzene rings is 2. The Kier molecular flexibility index (Phi) is 32.8. The Labute approximate surface area is 362 Å². The molecule has 0 bridgehead atoms. The van der Waals surface area contributed by atoms with Crippen LogP contribution in [0.25, 0.3) is 11.1 Å². The Balaban J connectivity index is 0.915. The van der Waals surface area contributed by atoms with Crippen LogP contribution in [0, 0.1) is 12.3 Å². The molecule has 2 aromatic rings. The monoisotopic (exact) mass is 863 g/mol. The van der Waals surface area contributed by atoms with Crippen molar-refractivity contribution in [1.82, 2.24) is 5.32 Å². The molecule has 0 aromatic heterocycles. The van der Waals surface area contributed by atoms with Crippen LogP contribution in [-0.4, -0.2) is 191 Å². The van der Waals surface area contributed by atoms with E-state index in [1.807, 2.05) is 24.3 Å². The van der Waals surface area contributed by atoms with E-state index in [1.165, 1.54) is 22.3 Å². The first kappa shape index (κ1) is 52.1. The molecule has 2 aromatic carbocycles. The third-order valence-corrected chi connectivity index (χ3v) is 8.73. The van der Waals surface area contributed by atoms with E-state index in [4.69, 9.17) is 72.7 Å². The number of rotatable bonds is 43. The van der Waals surface area contributed by atoms with Gasteiger partial charge in [-0.25, -0.2) is 4.79 Å². The van der Waals surface area contributed by atoms with Gasteiger partial charge in [0, 0.05) is 19.1 Å². The molecule has 1 aliphatic rings. The lowest BCUT2D eigenvalue weighted by molar-refractivity contribution is -0.0288. The van der Waals surface area contributed by atoms with Crippen LogP contribution in [0.15, 0.2) is 48.5 Å². The van der Waals surface area contributed by atoms with Gasteiger partial charge in [-0.15, -0.1) is 6.42 Å². The number of amides is 1. The number of fused-ring (bicyclic) bond motifs is 3. The lowest BCUT2D eigenvalue weighted by Crippen LogP contribution is -2.27. The highest BCUT2D eigenvalue weighted by atomic mass is 16.6. The summed E-state index contributed by atoms with van der Waals surface area (Å²) in [6, 6.07) is 16.6. The number of ether oxygens (including phenoxy) is 14. The molecular weight excluding hydrogens is 794 g/mol. The van der Waals surface area contributed by atoms with Gasteiger partial charge in [-0.3, -0.25) is 0 Å². The highest BCUT2D eigenvalue weighted by molar-refractivity contribution is 5.79. The van der Waals surface area contributed by atoms with Gasteiger partial charge in [0.25, 0.3) is 0 Å². The smallest absolute Gasteiger partial charge is 0.407 e. The second kappa shape index (κ2) is 38.4. The molecule has 0 aliphatic heterocycles. The summed E-state index contributed by atoms with van der Waals surface area (Å²) in [6.45, 7) is 13.4. The summed E-state index contributed by atoms with van der Waals surface area (Å²) >= 11 is 0. The molecule has 16 heteroatoms. The summed E-state index contributed by atoms with van der Waals surface area (Å²) in [5.41, 5.74) is 4.80. The van der Waals surface area contributed by atoms with Crippen LogP contribution in [0.2, 0.25) is 0 Å². The van der Waals surface area contributed by atoms with Crippen molar-refractivity contribution in [2.24, 2.45) is 0 Å². The number of nitrogens with one attached hydrogen (secondary N) is 1. The van der Waals surface area contributed by atoms with Gasteiger partial charge in [-0.1, -0.05) is 54.5 Å². The second-order valence-corrected chi connectivity index (χ2v) is 13.2. The Hall–Kier alpha value is -3.25. The minimum Gasteiger partial charge on any atom is -0.449 e. The minimum absolute atomic E-state index is 0.0461. The van der Waals surface area contributed by atoms with Crippen molar-refractivity contribution in [3.63, 3.8) is 0 Å². The maximum absolute atomic E-state index is 12.3. The molecule has 0 atom stereocenters. The lowest BCUT2D eigenvalue weighted by atomic mass is 9.98. The number of hydrogen-bond acceptors (Lipinski definition) is 15. The predicted octanol–water partition coefficient (Wildman–Crippen LogP) is 3.76. The minimum atomic E-state index is -0.418. The van der Waals surface area contributed by atoms with Gasteiger partial charge < -0.3 is 71.6 Å². The summed E-state index contributed by atoms with van der Waals surface area (Å²) in [5, 5.41) is 2.81. The molecule has 0 radical (unpaired) electrons. The second-order valence-electron chi connectivity index (χ2n) is 13.2. The average molecular weight is 864 g/mol. The summed E-state index contributed by atoms with van der Waals surface area (Å²) in [6.07, 6.45) is 5.35. The Morgan fingerprint density at radius 3 is 1.07 bits per heavy atom. The van der Waals surface area contributed by atoms with Crippen LogP contribution >= 0.6 is 0 Å². The zero-order chi connectivity index (χ0) is 42.9. The molecule has 16 nitrogen and oxygen atoms in total. The molecule has 3 rings (SSSR count). The zero-order valence-corrected chi connectivity index (χ0v) is 35.9. The van der Waals surface area contributed by atoms with Crippen LogP contribution in [0.5, 0.6) is 0 Å². The first-order valence-corrected chi connectivity index (χ1v) is 21.3. The number of carbonyl (C=O) groups is 1. The number of alkyl carbamates (subject to hydrolysis) is 1. The van der Waals surface area contributed by atoms with E-state index in [2.05, 4.69) is 35.5 Å². The van der Waals surface area contributed by atoms with Gasteiger partial charge in [0.1, 0.15) is 13.2 Å². The third-order valence-electron chi connectivity index (χ3n) is 8.73. The zero-order valence-electron chi connectivity index (χ0n) is 35.9. The summed E-state index contributed by atoms with van der Waals surface area (Å²) < 4.78 is 76.5. The van der Waals surface area contributed by atoms with Crippen LogP contribution in [0.3, 0.4) is 0 Å². The molecule has 0 fully saturated rings. The SMILES string of the molecule is C#CCOCCOCCOCCOCCOCCOCCOCCOCCOCCOCCOCCOCCOCCCNC(=O)OCC1c2ccccc2-c2ccccc21. The lowest BCUT2D eigenvalue weighted by Gasteiger charge is -2.14. The van der Waals surface area contributed by atoms with E-state index in [9.17, 15) is 4.79 Å². The fourth-order valence-corrected chi connectivity index (χ4v) is 5.78. The van der Waals surface area contributed by atoms with Crippen molar-refractivity contribution in [3.05, 3.63) is 59.7 Å². The number of carbonyl (C=O) groups excluding carboxylic acids is 1. The van der Waals surface area contributed by atoms with Crippen LogP contribution < -0.4 is 5.32 Å². The molecule has 0 unspecified atom stereocenters. The van der Waals surface area contributed by atoms with Gasteiger partial charge in [0.15, 0.2) is 0 Å². The van der Waals surface area contributed by atoms with E-state index in [-0.39, 0.29) is 5.92 Å². The summed E-state index contributed by atoms with van der Waals surface area (Å²) in [5.74, 6) is 2.45. The van der Waals surface area contributed by atoms with E-state index in [0.29, 0.717) is 191 Å². The molecule has 0 saturated heterocycles. The molecule has 0 saturated carbocycles. The van der Waals surface area contributed by atoms with Gasteiger partial charge in [0.2, 0.25) is 0 Å². The quantitative estimate of drug-likeness (QED) is 0.0759. The summed E-state index contributed by atoms with van der Waals surface area (Å²) in [7, 11) is 0. The van der Waals surface area contributed by atoms with Crippen molar-refractivity contribution in [1.29, 1.82) is 0 Å². The molecular formula is C45H69NO15. The standard InChI is InChI=1S/C45H69NO15/c1-2-13-48-15-17-50-19-21-52-23-25-54-27-29-56-31-33-58-35-37-60-38-36-59-34-32-57-30-28-55-26-24-53-22-20-51-18-16-49-14-7-12-46-45(47)61-39-44-42-10-5-3-8-40(42)41-9-4-6-11-43(41)44/h1,3-6,8-11,44H,7,12-39H2,(H,46,47). The van der Waals surface area contributed by atoms with Crippen LogP contribution in [0.4, 0.5) is 4.79 Å².